The molecular formula is C6H10Mg3O6. The van der Waals surface area contributed by atoms with E-state index in [4.69, 9.17) is 0 Å². The van der Waals surface area contributed by atoms with E-state index in [0.717, 1.165) is 0 Å². The minimum Gasteiger partial charge on any atom is -0.876 e. The summed E-state index contributed by atoms with van der Waals surface area (Å²) in [4.78, 5) is 0. The second kappa shape index (κ2) is 14.1. The minimum atomic E-state index is -3.21. The third-order valence-electron chi connectivity index (χ3n) is 0.866. The summed E-state index contributed by atoms with van der Waals surface area (Å²) >= 11 is 0. The average molecular weight is 251 g/mol. The molecule has 0 rings (SSSR count). The molecule has 0 bridgehead atoms. The molecule has 0 heterocycles. The van der Waals surface area contributed by atoms with Gasteiger partial charge in [-0.05, 0) is 0 Å². The van der Waals surface area contributed by atoms with E-state index >= 15 is 0 Å². The molecule has 0 saturated carbocycles. The summed E-state index contributed by atoms with van der Waals surface area (Å²) < 4.78 is 0. The van der Waals surface area contributed by atoms with Gasteiger partial charge in [-0.1, -0.05) is 26.7 Å². The van der Waals surface area contributed by atoms with E-state index in [9.17, 15) is 30.6 Å². The summed E-state index contributed by atoms with van der Waals surface area (Å²) in [5.74, 6) is -6.42. The SMILES string of the molecule is CCC([O-])([O-])[O-].CCC([O-])([O-])[O-].[Mg+2].[Mg+2].[Mg+2]. The predicted octanol–water partition coefficient (Wildman–Crippen LogP) is -6.88. The Morgan fingerprint density at radius 3 is 0.667 bits per heavy atom. The molecule has 0 unspecified atom stereocenters. The molecular weight excluding hydrogens is 241 g/mol. The maximum atomic E-state index is 9.36. The second-order valence-electron chi connectivity index (χ2n) is 2.07. The Morgan fingerprint density at radius 1 is 0.600 bits per heavy atom. The van der Waals surface area contributed by atoms with Crippen LogP contribution in [0.25, 0.3) is 0 Å². The number of hydrogen-bond donors (Lipinski definition) is 0. The maximum Gasteiger partial charge on any atom is 2.00 e. The quantitative estimate of drug-likeness (QED) is 0.353. The van der Waals surface area contributed by atoms with Crippen molar-refractivity contribution in [1.82, 2.24) is 0 Å². The Hall–Kier alpha value is 2.06. The molecule has 0 fully saturated rings. The largest absolute Gasteiger partial charge is 2.00 e. The summed E-state index contributed by atoms with van der Waals surface area (Å²) in [6, 6.07) is 0. The van der Waals surface area contributed by atoms with Gasteiger partial charge in [-0.2, -0.15) is 0 Å². The van der Waals surface area contributed by atoms with Gasteiger partial charge < -0.3 is 42.6 Å². The first-order valence-corrected chi connectivity index (χ1v) is 3.35. The second-order valence-corrected chi connectivity index (χ2v) is 2.07. The molecule has 0 aliphatic rings. The van der Waals surface area contributed by atoms with Gasteiger partial charge >= 0.3 is 69.2 Å². The van der Waals surface area contributed by atoms with Crippen LogP contribution in [-0.2, 0) is 0 Å². The van der Waals surface area contributed by atoms with E-state index in [1.165, 1.54) is 13.8 Å². The molecule has 0 atom stereocenters. The predicted molar refractivity (Wildman–Crippen MR) is 43.3 cm³/mol. The summed E-state index contributed by atoms with van der Waals surface area (Å²) in [6.07, 6.45) is -0.792. The van der Waals surface area contributed by atoms with Gasteiger partial charge in [-0.3, -0.25) is 0 Å². The topological polar surface area (TPSA) is 138 Å². The first-order valence-electron chi connectivity index (χ1n) is 3.35. The zero-order valence-electron chi connectivity index (χ0n) is 8.99. The summed E-state index contributed by atoms with van der Waals surface area (Å²) in [5, 5.41) is 56.2. The Bertz CT molecular complexity index is 96.4. The van der Waals surface area contributed by atoms with Crippen molar-refractivity contribution in [3.05, 3.63) is 0 Å². The van der Waals surface area contributed by atoms with Crippen LogP contribution in [0.3, 0.4) is 0 Å². The van der Waals surface area contributed by atoms with E-state index in [1.807, 2.05) is 0 Å². The van der Waals surface area contributed by atoms with Crippen molar-refractivity contribution >= 4 is 69.2 Å². The fourth-order valence-corrected chi connectivity index (χ4v) is 0. The normalized spacial score (nSPS) is 9.60. The van der Waals surface area contributed by atoms with Crippen LogP contribution in [0.2, 0.25) is 0 Å². The Labute approximate surface area is 137 Å². The van der Waals surface area contributed by atoms with Gasteiger partial charge in [0.15, 0.2) is 0 Å². The third kappa shape index (κ3) is 48.9. The van der Waals surface area contributed by atoms with Crippen LogP contribution in [0.4, 0.5) is 0 Å². The van der Waals surface area contributed by atoms with Crippen LogP contribution < -0.4 is 30.6 Å². The third-order valence-corrected chi connectivity index (χ3v) is 0.866. The van der Waals surface area contributed by atoms with E-state index in [0.29, 0.717) is 0 Å². The molecule has 6 nitrogen and oxygen atoms in total. The van der Waals surface area contributed by atoms with Crippen LogP contribution in [0.1, 0.15) is 26.7 Å². The van der Waals surface area contributed by atoms with Crippen LogP contribution in [0.5, 0.6) is 0 Å². The first-order chi connectivity index (χ1) is 5.12. The average Bonchev–Trinajstić information content (AvgIpc) is 1.86. The van der Waals surface area contributed by atoms with Gasteiger partial charge in [0.2, 0.25) is 0 Å². The molecule has 9 heteroatoms. The smallest absolute Gasteiger partial charge is 0.876 e. The molecule has 0 spiro atoms. The standard InChI is InChI=1S/2C3H5O3.3Mg/c2*1-2-3(4,5)6;;;/h2*2H2,1H3;;;/q2*-3;3*+2. The molecule has 0 aromatic carbocycles. The van der Waals surface area contributed by atoms with Gasteiger partial charge in [0.05, 0.1) is 0 Å². The molecule has 0 aliphatic heterocycles. The van der Waals surface area contributed by atoms with E-state index < -0.39 is 24.8 Å². The molecule has 15 heavy (non-hydrogen) atoms. The fraction of sp³-hybridized carbons (Fsp3) is 1.00. The molecule has 0 aliphatic carbocycles. The molecule has 76 valence electrons. The maximum absolute atomic E-state index is 9.36. The van der Waals surface area contributed by atoms with Crippen molar-refractivity contribution in [1.29, 1.82) is 0 Å². The fourth-order valence-electron chi connectivity index (χ4n) is 0. The first kappa shape index (κ1) is 30.3. The van der Waals surface area contributed by atoms with E-state index in [1.54, 1.807) is 0 Å². The molecule has 0 aromatic rings. The van der Waals surface area contributed by atoms with Crippen LogP contribution in [0, 0.1) is 0 Å². The Balaban J connectivity index is -0.0000000370. The molecule has 0 amide bonds. The Kier molecular flexibility index (Phi) is 28.5. The monoisotopic (exact) mass is 250 g/mol. The van der Waals surface area contributed by atoms with Crippen molar-refractivity contribution in [2.45, 2.75) is 38.6 Å². The molecule has 0 radical (unpaired) electrons. The van der Waals surface area contributed by atoms with Crippen molar-refractivity contribution < 1.29 is 30.6 Å². The van der Waals surface area contributed by atoms with Crippen molar-refractivity contribution in [2.75, 3.05) is 0 Å². The number of rotatable bonds is 2. The zero-order chi connectivity index (χ0) is 10.4. The number of hydrogen-bond acceptors (Lipinski definition) is 6. The van der Waals surface area contributed by atoms with Gasteiger partial charge in [-0.25, -0.2) is 0 Å². The van der Waals surface area contributed by atoms with Gasteiger partial charge in [0, 0.05) is 0 Å². The summed E-state index contributed by atoms with van der Waals surface area (Å²) in [7, 11) is 0. The van der Waals surface area contributed by atoms with Crippen LogP contribution >= 0.6 is 0 Å². The molecule has 0 aromatic heterocycles. The van der Waals surface area contributed by atoms with Crippen LogP contribution in [-0.4, -0.2) is 81.1 Å². The summed E-state index contributed by atoms with van der Waals surface area (Å²) in [6.45, 7) is 2.54. The van der Waals surface area contributed by atoms with Gasteiger partial charge in [-0.15, -0.1) is 0 Å². The van der Waals surface area contributed by atoms with E-state index in [-0.39, 0.29) is 69.2 Å². The zero-order valence-corrected chi connectivity index (χ0v) is 13.2. The minimum absolute atomic E-state index is 0. The van der Waals surface area contributed by atoms with E-state index in [2.05, 4.69) is 0 Å². The Morgan fingerprint density at radius 2 is 0.667 bits per heavy atom. The van der Waals surface area contributed by atoms with Gasteiger partial charge in [0.25, 0.3) is 0 Å². The summed E-state index contributed by atoms with van der Waals surface area (Å²) in [5.41, 5.74) is 0. The van der Waals surface area contributed by atoms with Crippen LogP contribution in [0.15, 0.2) is 0 Å². The van der Waals surface area contributed by atoms with Crippen molar-refractivity contribution in [2.24, 2.45) is 0 Å². The van der Waals surface area contributed by atoms with Gasteiger partial charge in [0.1, 0.15) is 0 Å². The van der Waals surface area contributed by atoms with Crippen molar-refractivity contribution in [3.63, 3.8) is 0 Å². The molecule has 0 N–H and O–H groups in total. The van der Waals surface area contributed by atoms with Crippen molar-refractivity contribution in [3.8, 4) is 0 Å². The molecule has 0 saturated heterocycles.